The third-order valence-corrected chi connectivity index (χ3v) is 6.27. The molecule has 156 valence electrons. The SMILES string of the molecule is O=C1CN(C(=O)CCC(=O)N2CCCC2c2ccc(Cl)c(Cl)c2)c2ccccc2N1. The number of carbonyl (C=O) groups excluding carboxylic acids is 3. The van der Waals surface area contributed by atoms with Gasteiger partial charge in [0, 0.05) is 19.4 Å². The number of fused-ring (bicyclic) bond motifs is 1. The third kappa shape index (κ3) is 4.16. The topological polar surface area (TPSA) is 69.7 Å². The van der Waals surface area contributed by atoms with Crippen molar-refractivity contribution in [2.45, 2.75) is 31.7 Å². The summed E-state index contributed by atoms with van der Waals surface area (Å²) in [6.07, 6.45) is 1.88. The number of rotatable bonds is 4. The molecule has 1 unspecified atom stereocenters. The summed E-state index contributed by atoms with van der Waals surface area (Å²) >= 11 is 12.2. The molecule has 1 saturated heterocycles. The summed E-state index contributed by atoms with van der Waals surface area (Å²) in [5, 5.41) is 3.70. The van der Waals surface area contributed by atoms with Crippen LogP contribution in [0.15, 0.2) is 42.5 Å². The minimum absolute atomic E-state index is 0.0420. The molecular weight excluding hydrogens is 425 g/mol. The van der Waals surface area contributed by atoms with Gasteiger partial charge in [0.25, 0.3) is 0 Å². The molecule has 1 fully saturated rings. The maximum atomic E-state index is 12.9. The standard InChI is InChI=1S/C22H21Cl2N3O3/c23-15-8-7-14(12-16(15)24)18-6-3-11-26(18)21(29)9-10-22(30)27-13-20(28)25-17-4-1-2-5-19(17)27/h1-2,4-5,7-8,12,18H,3,6,9-11,13H2,(H,25,28). The number of anilines is 2. The van der Waals surface area contributed by atoms with Gasteiger partial charge in [0.2, 0.25) is 17.7 Å². The second-order valence-electron chi connectivity index (χ2n) is 7.46. The molecule has 0 bridgehead atoms. The number of likely N-dealkylation sites (tertiary alicyclic amines) is 1. The number of carbonyl (C=O) groups is 3. The van der Waals surface area contributed by atoms with Gasteiger partial charge in [-0.3, -0.25) is 14.4 Å². The molecule has 1 N–H and O–H groups in total. The van der Waals surface area contributed by atoms with Crippen LogP contribution < -0.4 is 10.2 Å². The van der Waals surface area contributed by atoms with Crippen molar-refractivity contribution < 1.29 is 14.4 Å². The van der Waals surface area contributed by atoms with Gasteiger partial charge in [-0.15, -0.1) is 0 Å². The zero-order valence-corrected chi connectivity index (χ0v) is 17.7. The summed E-state index contributed by atoms with van der Waals surface area (Å²) in [6, 6.07) is 12.5. The molecule has 0 radical (unpaired) electrons. The number of para-hydroxylation sites is 2. The lowest BCUT2D eigenvalue weighted by Gasteiger charge is -2.29. The average Bonchev–Trinajstić information content (AvgIpc) is 3.23. The lowest BCUT2D eigenvalue weighted by molar-refractivity contribution is -0.134. The maximum Gasteiger partial charge on any atom is 0.244 e. The molecule has 4 rings (SSSR count). The minimum Gasteiger partial charge on any atom is -0.336 e. The molecule has 30 heavy (non-hydrogen) atoms. The van der Waals surface area contributed by atoms with Gasteiger partial charge in [0.05, 0.1) is 27.5 Å². The zero-order chi connectivity index (χ0) is 21.3. The van der Waals surface area contributed by atoms with Crippen molar-refractivity contribution in [3.63, 3.8) is 0 Å². The van der Waals surface area contributed by atoms with Crippen LogP contribution in [0, 0.1) is 0 Å². The Morgan fingerprint density at radius 3 is 2.60 bits per heavy atom. The van der Waals surface area contributed by atoms with Crippen LogP contribution in [0.3, 0.4) is 0 Å². The van der Waals surface area contributed by atoms with E-state index in [2.05, 4.69) is 5.32 Å². The van der Waals surface area contributed by atoms with E-state index in [0.29, 0.717) is 28.0 Å². The first kappa shape index (κ1) is 20.7. The summed E-state index contributed by atoms with van der Waals surface area (Å²) < 4.78 is 0. The van der Waals surface area contributed by atoms with Crippen LogP contribution in [0.2, 0.25) is 10.0 Å². The molecule has 2 heterocycles. The molecule has 0 aliphatic carbocycles. The lowest BCUT2D eigenvalue weighted by atomic mass is 10.0. The van der Waals surface area contributed by atoms with Crippen LogP contribution in [-0.2, 0) is 14.4 Å². The van der Waals surface area contributed by atoms with Crippen molar-refractivity contribution >= 4 is 52.3 Å². The summed E-state index contributed by atoms with van der Waals surface area (Å²) in [7, 11) is 0. The van der Waals surface area contributed by atoms with Crippen LogP contribution in [0.5, 0.6) is 0 Å². The Bertz CT molecular complexity index is 1010. The Morgan fingerprint density at radius 1 is 1.03 bits per heavy atom. The molecule has 1 atom stereocenters. The van der Waals surface area contributed by atoms with E-state index in [0.717, 1.165) is 18.4 Å². The number of benzene rings is 2. The third-order valence-electron chi connectivity index (χ3n) is 5.53. The molecule has 2 aromatic carbocycles. The Kier molecular flexibility index (Phi) is 5.97. The minimum atomic E-state index is -0.243. The fourth-order valence-electron chi connectivity index (χ4n) is 4.08. The fourth-order valence-corrected chi connectivity index (χ4v) is 4.39. The highest BCUT2D eigenvalue weighted by molar-refractivity contribution is 6.42. The molecular formula is C22H21Cl2N3O3. The van der Waals surface area contributed by atoms with E-state index in [9.17, 15) is 14.4 Å². The van der Waals surface area contributed by atoms with Gasteiger partial charge in [-0.05, 0) is 42.7 Å². The van der Waals surface area contributed by atoms with E-state index in [-0.39, 0.29) is 43.1 Å². The van der Waals surface area contributed by atoms with Crippen molar-refractivity contribution in [2.24, 2.45) is 0 Å². The van der Waals surface area contributed by atoms with Gasteiger partial charge in [0.1, 0.15) is 6.54 Å². The van der Waals surface area contributed by atoms with Crippen LogP contribution in [0.1, 0.15) is 37.3 Å². The van der Waals surface area contributed by atoms with Crippen molar-refractivity contribution in [2.75, 3.05) is 23.3 Å². The van der Waals surface area contributed by atoms with E-state index < -0.39 is 0 Å². The van der Waals surface area contributed by atoms with E-state index in [1.54, 1.807) is 30.3 Å². The normalized spacial score (nSPS) is 18.2. The second kappa shape index (κ2) is 8.66. The van der Waals surface area contributed by atoms with E-state index >= 15 is 0 Å². The molecule has 2 aliphatic heterocycles. The highest BCUT2D eigenvalue weighted by Gasteiger charge is 2.32. The van der Waals surface area contributed by atoms with Gasteiger partial charge in [0.15, 0.2) is 0 Å². The number of hydrogen-bond acceptors (Lipinski definition) is 3. The number of hydrogen-bond donors (Lipinski definition) is 1. The maximum absolute atomic E-state index is 12.9. The first-order valence-corrected chi connectivity index (χ1v) is 10.6. The second-order valence-corrected chi connectivity index (χ2v) is 8.28. The van der Waals surface area contributed by atoms with Gasteiger partial charge in [-0.25, -0.2) is 0 Å². The van der Waals surface area contributed by atoms with Gasteiger partial charge in [-0.2, -0.15) is 0 Å². The van der Waals surface area contributed by atoms with E-state index in [4.69, 9.17) is 23.2 Å². The zero-order valence-electron chi connectivity index (χ0n) is 16.2. The van der Waals surface area contributed by atoms with Gasteiger partial charge in [-0.1, -0.05) is 41.4 Å². The van der Waals surface area contributed by atoms with Crippen LogP contribution >= 0.6 is 23.2 Å². The van der Waals surface area contributed by atoms with Crippen molar-refractivity contribution in [1.82, 2.24) is 4.90 Å². The monoisotopic (exact) mass is 445 g/mol. The Balaban J connectivity index is 1.42. The first-order chi connectivity index (χ1) is 14.4. The Labute approximate surface area is 184 Å². The van der Waals surface area contributed by atoms with Crippen LogP contribution in [0.25, 0.3) is 0 Å². The van der Waals surface area contributed by atoms with Crippen LogP contribution in [-0.4, -0.2) is 35.7 Å². The quantitative estimate of drug-likeness (QED) is 0.756. The molecule has 2 aromatic rings. The van der Waals surface area contributed by atoms with Crippen molar-refractivity contribution in [1.29, 1.82) is 0 Å². The molecule has 0 aromatic heterocycles. The summed E-state index contributed by atoms with van der Waals surface area (Å²) in [4.78, 5) is 40.9. The van der Waals surface area contributed by atoms with Crippen molar-refractivity contribution in [3.8, 4) is 0 Å². The largest absolute Gasteiger partial charge is 0.336 e. The molecule has 6 nitrogen and oxygen atoms in total. The predicted octanol–water partition coefficient (Wildman–Crippen LogP) is 4.42. The Morgan fingerprint density at radius 2 is 1.80 bits per heavy atom. The predicted molar refractivity (Wildman–Crippen MR) is 117 cm³/mol. The number of nitrogens with one attached hydrogen (secondary N) is 1. The lowest BCUT2D eigenvalue weighted by Crippen LogP contribution is -2.42. The van der Waals surface area contributed by atoms with Crippen LogP contribution in [0.4, 0.5) is 11.4 Å². The molecule has 8 heteroatoms. The Hall–Kier alpha value is -2.57. The molecule has 2 aliphatic rings. The van der Waals surface area contributed by atoms with Gasteiger partial charge >= 0.3 is 0 Å². The summed E-state index contributed by atoms with van der Waals surface area (Å²) in [5.41, 5.74) is 2.21. The van der Waals surface area contributed by atoms with Gasteiger partial charge < -0.3 is 15.1 Å². The first-order valence-electron chi connectivity index (χ1n) is 9.87. The van der Waals surface area contributed by atoms with E-state index in [1.165, 1.54) is 4.90 Å². The summed E-state index contributed by atoms with van der Waals surface area (Å²) in [5.74, 6) is -0.560. The molecule has 0 saturated carbocycles. The van der Waals surface area contributed by atoms with E-state index in [1.807, 2.05) is 17.0 Å². The summed E-state index contributed by atoms with van der Waals surface area (Å²) in [6.45, 7) is 0.604. The number of amides is 3. The smallest absolute Gasteiger partial charge is 0.244 e. The van der Waals surface area contributed by atoms with Crippen molar-refractivity contribution in [3.05, 3.63) is 58.1 Å². The fraction of sp³-hybridized carbons (Fsp3) is 0.318. The number of nitrogens with zero attached hydrogens (tertiary/aromatic N) is 2. The highest BCUT2D eigenvalue weighted by atomic mass is 35.5. The highest BCUT2D eigenvalue weighted by Crippen LogP contribution is 2.35. The molecule has 0 spiro atoms. The molecule has 3 amide bonds. The number of halogens is 2. The average molecular weight is 446 g/mol.